The normalized spacial score (nSPS) is 13.0. The van der Waals surface area contributed by atoms with Crippen LogP contribution in [-0.2, 0) is 5.92 Å². The van der Waals surface area contributed by atoms with Crippen LogP contribution in [-0.4, -0.2) is 10.1 Å². The monoisotopic (exact) mass is 351 g/mol. The second kappa shape index (κ2) is 6.35. The number of hydrogen-bond acceptors (Lipinski definition) is 3. The molecule has 4 aromatic rings. The average Bonchev–Trinajstić information content (AvgIpc) is 3.13. The Kier molecular flexibility index (Phi) is 4.01. The molecule has 0 spiro atoms. The van der Waals surface area contributed by atoms with Crippen LogP contribution in [0.25, 0.3) is 22.2 Å². The number of aliphatic hydroxyl groups is 1. The van der Waals surface area contributed by atoms with Gasteiger partial charge in [0.2, 0.25) is 0 Å². The molecule has 130 valence electrons. The van der Waals surface area contributed by atoms with Crippen LogP contribution in [0.1, 0.15) is 17.6 Å². The molecule has 3 nitrogen and oxygen atoms in total. The lowest BCUT2D eigenvalue weighted by atomic mass is 9.99. The Morgan fingerprint density at radius 2 is 1.42 bits per heavy atom. The Morgan fingerprint density at radius 1 is 0.808 bits per heavy atom. The Balaban J connectivity index is 1.64. The predicted octanol–water partition coefficient (Wildman–Crippen LogP) is 5.32. The molecule has 0 saturated heterocycles. The highest BCUT2D eigenvalue weighted by Gasteiger charge is 2.46. The number of aromatic nitrogens is 1. The van der Waals surface area contributed by atoms with E-state index in [-0.39, 0.29) is 11.1 Å². The standard InChI is InChI=1S/C21H15F2NO2/c22-21(23,20-24-17-8-4-5-9-18(17)26-20)19(25)16-12-10-15(11-13-16)14-6-2-1-3-7-14/h1-13,19,25H. The quantitative estimate of drug-likeness (QED) is 0.541. The zero-order valence-electron chi connectivity index (χ0n) is 13.6. The van der Waals surface area contributed by atoms with Crippen LogP contribution < -0.4 is 0 Å². The van der Waals surface area contributed by atoms with Crippen molar-refractivity contribution in [3.8, 4) is 11.1 Å². The van der Waals surface area contributed by atoms with Crippen LogP contribution in [0.3, 0.4) is 0 Å². The molecule has 1 aromatic heterocycles. The third-order valence-electron chi connectivity index (χ3n) is 4.26. The maximum absolute atomic E-state index is 14.7. The summed E-state index contributed by atoms with van der Waals surface area (Å²) in [7, 11) is 0. The van der Waals surface area contributed by atoms with Crippen molar-refractivity contribution in [3.05, 3.63) is 90.3 Å². The molecular weight excluding hydrogens is 336 g/mol. The average molecular weight is 351 g/mol. The predicted molar refractivity (Wildman–Crippen MR) is 94.7 cm³/mol. The molecule has 1 heterocycles. The summed E-state index contributed by atoms with van der Waals surface area (Å²) in [4.78, 5) is 3.82. The molecule has 0 amide bonds. The molecule has 1 unspecified atom stereocenters. The van der Waals surface area contributed by atoms with Gasteiger partial charge >= 0.3 is 5.92 Å². The van der Waals surface area contributed by atoms with Gasteiger partial charge in [0.15, 0.2) is 11.7 Å². The van der Waals surface area contributed by atoms with Crippen LogP contribution in [0.15, 0.2) is 83.3 Å². The SMILES string of the molecule is OC(c1ccc(-c2ccccc2)cc1)C(F)(F)c1nc2ccccc2o1. The largest absolute Gasteiger partial charge is 0.435 e. The Morgan fingerprint density at radius 3 is 2.12 bits per heavy atom. The summed E-state index contributed by atoms with van der Waals surface area (Å²) < 4.78 is 34.5. The first-order chi connectivity index (χ1) is 12.6. The molecule has 0 aliphatic carbocycles. The van der Waals surface area contributed by atoms with E-state index in [1.807, 2.05) is 30.3 Å². The van der Waals surface area contributed by atoms with E-state index in [1.165, 1.54) is 12.1 Å². The lowest BCUT2D eigenvalue weighted by Gasteiger charge is -2.20. The van der Waals surface area contributed by atoms with Gasteiger partial charge in [-0.2, -0.15) is 8.78 Å². The molecule has 0 saturated carbocycles. The first kappa shape index (κ1) is 16.4. The number of nitrogens with zero attached hydrogens (tertiary/aromatic N) is 1. The van der Waals surface area contributed by atoms with Gasteiger partial charge in [0.05, 0.1) is 0 Å². The zero-order valence-corrected chi connectivity index (χ0v) is 13.6. The number of alkyl halides is 2. The summed E-state index contributed by atoms with van der Waals surface area (Å²) in [5.74, 6) is -4.44. The summed E-state index contributed by atoms with van der Waals surface area (Å²) in [5, 5.41) is 10.2. The highest BCUT2D eigenvalue weighted by Crippen LogP contribution is 2.41. The van der Waals surface area contributed by atoms with Crippen molar-refractivity contribution in [3.63, 3.8) is 0 Å². The molecule has 0 bridgehead atoms. The van der Waals surface area contributed by atoms with Gasteiger partial charge in [-0.25, -0.2) is 4.98 Å². The van der Waals surface area contributed by atoms with E-state index >= 15 is 0 Å². The second-order valence-electron chi connectivity index (χ2n) is 6.00. The molecule has 1 atom stereocenters. The first-order valence-electron chi connectivity index (χ1n) is 8.13. The number of para-hydroxylation sites is 2. The van der Waals surface area contributed by atoms with Crippen molar-refractivity contribution < 1.29 is 18.3 Å². The summed E-state index contributed by atoms with van der Waals surface area (Å²) in [6.45, 7) is 0. The Labute approximate surface area is 148 Å². The molecule has 0 radical (unpaired) electrons. The van der Waals surface area contributed by atoms with Crippen molar-refractivity contribution in [2.24, 2.45) is 0 Å². The van der Waals surface area contributed by atoms with E-state index in [0.29, 0.717) is 5.52 Å². The van der Waals surface area contributed by atoms with Gasteiger partial charge in [0.1, 0.15) is 5.52 Å². The van der Waals surface area contributed by atoms with E-state index in [9.17, 15) is 13.9 Å². The lowest BCUT2D eigenvalue weighted by Crippen LogP contribution is -2.24. The fourth-order valence-corrected chi connectivity index (χ4v) is 2.83. The van der Waals surface area contributed by atoms with Crippen molar-refractivity contribution in [2.75, 3.05) is 0 Å². The molecule has 3 aromatic carbocycles. The van der Waals surface area contributed by atoms with Crippen molar-refractivity contribution in [1.82, 2.24) is 4.98 Å². The first-order valence-corrected chi connectivity index (χ1v) is 8.13. The van der Waals surface area contributed by atoms with Crippen LogP contribution in [0.2, 0.25) is 0 Å². The number of aliphatic hydroxyl groups excluding tert-OH is 1. The van der Waals surface area contributed by atoms with Crippen LogP contribution in [0.4, 0.5) is 8.78 Å². The third kappa shape index (κ3) is 2.86. The maximum Gasteiger partial charge on any atom is 0.351 e. The highest BCUT2D eigenvalue weighted by molar-refractivity contribution is 5.72. The van der Waals surface area contributed by atoms with Gasteiger partial charge in [0, 0.05) is 0 Å². The summed E-state index contributed by atoms with van der Waals surface area (Å²) in [6, 6.07) is 22.5. The molecule has 4 rings (SSSR count). The molecule has 5 heteroatoms. The maximum atomic E-state index is 14.7. The minimum Gasteiger partial charge on any atom is -0.435 e. The minimum atomic E-state index is -3.65. The second-order valence-corrected chi connectivity index (χ2v) is 6.00. The number of hydrogen-bond donors (Lipinski definition) is 1. The molecule has 0 aliphatic rings. The van der Waals surface area contributed by atoms with E-state index in [4.69, 9.17) is 4.42 Å². The summed E-state index contributed by atoms with van der Waals surface area (Å²) in [6.07, 6.45) is -2.06. The van der Waals surface area contributed by atoms with Crippen molar-refractivity contribution >= 4 is 11.1 Å². The van der Waals surface area contributed by atoms with Gasteiger partial charge in [-0.3, -0.25) is 0 Å². The summed E-state index contributed by atoms with van der Waals surface area (Å²) >= 11 is 0. The fourth-order valence-electron chi connectivity index (χ4n) is 2.83. The number of rotatable bonds is 4. The van der Waals surface area contributed by atoms with Gasteiger partial charge in [-0.15, -0.1) is 0 Å². The highest BCUT2D eigenvalue weighted by atomic mass is 19.3. The van der Waals surface area contributed by atoms with E-state index in [0.717, 1.165) is 11.1 Å². The topological polar surface area (TPSA) is 46.3 Å². The molecular formula is C21H15F2NO2. The smallest absolute Gasteiger partial charge is 0.351 e. The van der Waals surface area contributed by atoms with Crippen LogP contribution in [0, 0.1) is 0 Å². The number of benzene rings is 3. The Hall–Kier alpha value is -3.05. The number of oxazole rings is 1. The van der Waals surface area contributed by atoms with Crippen LogP contribution in [0.5, 0.6) is 0 Å². The lowest BCUT2D eigenvalue weighted by molar-refractivity contribution is -0.133. The molecule has 1 N–H and O–H groups in total. The zero-order chi connectivity index (χ0) is 18.1. The van der Waals surface area contributed by atoms with E-state index in [1.54, 1.807) is 36.4 Å². The molecule has 26 heavy (non-hydrogen) atoms. The number of halogens is 2. The molecule has 0 aliphatic heterocycles. The van der Waals surface area contributed by atoms with Gasteiger partial charge < -0.3 is 9.52 Å². The van der Waals surface area contributed by atoms with Gasteiger partial charge in [-0.05, 0) is 28.8 Å². The fraction of sp³-hybridized carbons (Fsp3) is 0.0952. The summed E-state index contributed by atoms with van der Waals surface area (Å²) in [5.41, 5.74) is 2.53. The number of fused-ring (bicyclic) bond motifs is 1. The Bertz CT molecular complexity index is 994. The van der Waals surface area contributed by atoms with Gasteiger partial charge in [-0.1, -0.05) is 66.7 Å². The van der Waals surface area contributed by atoms with E-state index in [2.05, 4.69) is 4.98 Å². The van der Waals surface area contributed by atoms with Crippen LogP contribution >= 0.6 is 0 Å². The van der Waals surface area contributed by atoms with Crippen molar-refractivity contribution in [1.29, 1.82) is 0 Å². The van der Waals surface area contributed by atoms with Gasteiger partial charge in [0.25, 0.3) is 5.89 Å². The third-order valence-corrected chi connectivity index (χ3v) is 4.26. The minimum absolute atomic E-state index is 0.0944. The van der Waals surface area contributed by atoms with E-state index < -0.39 is 17.9 Å². The molecule has 0 fully saturated rings. The van der Waals surface area contributed by atoms with Crippen molar-refractivity contribution in [2.45, 2.75) is 12.0 Å².